The molecule has 1 heterocycles. The van der Waals surface area contributed by atoms with Crippen molar-refractivity contribution in [3.8, 4) is 0 Å². The maximum absolute atomic E-state index is 13.1. The fourth-order valence-corrected chi connectivity index (χ4v) is 1.62. The number of guanidine groups is 1. The molecule has 2 rings (SSSR count). The molecule has 1 aromatic carbocycles. The molecular weight excluding hydrogens is 292 g/mol. The third-order valence-corrected chi connectivity index (χ3v) is 2.38. The Morgan fingerprint density at radius 3 is 2.80 bits per heavy atom. The Morgan fingerprint density at radius 1 is 1.40 bits per heavy atom. The molecule has 1 aliphatic heterocycles. The number of amidine groups is 1. The van der Waals surface area contributed by atoms with Crippen LogP contribution in [0.1, 0.15) is 6.92 Å². The van der Waals surface area contributed by atoms with Crippen molar-refractivity contribution in [3.05, 3.63) is 29.8 Å². The van der Waals surface area contributed by atoms with E-state index in [9.17, 15) is 8.78 Å². The summed E-state index contributed by atoms with van der Waals surface area (Å²) in [5.41, 5.74) is 5.86. The zero-order valence-corrected chi connectivity index (χ0v) is 11.2. The van der Waals surface area contributed by atoms with Crippen LogP contribution in [0.15, 0.2) is 28.2 Å². The van der Waals surface area contributed by atoms with Crippen LogP contribution in [0.2, 0.25) is 0 Å². The van der Waals surface area contributed by atoms with Crippen molar-refractivity contribution < 1.29 is 13.5 Å². The van der Waals surface area contributed by atoms with Gasteiger partial charge in [0.05, 0.1) is 6.61 Å². The highest BCUT2D eigenvalue weighted by atomic mass is 35.5. The Balaban J connectivity index is 2.16. The van der Waals surface area contributed by atoms with Gasteiger partial charge in [-0.2, -0.15) is 9.98 Å². The first kappa shape index (κ1) is 14.5. The summed E-state index contributed by atoms with van der Waals surface area (Å²) >= 11 is 5.83. The van der Waals surface area contributed by atoms with E-state index in [1.807, 2.05) is 0 Å². The zero-order chi connectivity index (χ0) is 14.8. The molecule has 0 saturated heterocycles. The second kappa shape index (κ2) is 5.59. The maximum Gasteiger partial charge on any atom is 0.296 e. The average molecular weight is 304 g/mol. The Labute approximate surface area is 118 Å². The molecule has 1 aromatic rings. The van der Waals surface area contributed by atoms with E-state index in [0.717, 1.165) is 12.1 Å². The Hall–Kier alpha value is -1.93. The van der Waals surface area contributed by atoms with E-state index in [1.54, 1.807) is 6.92 Å². The van der Waals surface area contributed by atoms with Gasteiger partial charge < -0.3 is 10.1 Å². The number of benzene rings is 1. The summed E-state index contributed by atoms with van der Waals surface area (Å²) in [7, 11) is 0. The van der Waals surface area contributed by atoms with E-state index in [1.165, 1.54) is 6.07 Å². The summed E-state index contributed by atoms with van der Waals surface area (Å²) < 4.78 is 31.1. The molecule has 4 N–H and O–H groups in total. The molecule has 108 valence electrons. The minimum Gasteiger partial charge on any atom is -0.465 e. The monoisotopic (exact) mass is 303 g/mol. The predicted molar refractivity (Wildman–Crippen MR) is 72.4 cm³/mol. The summed E-state index contributed by atoms with van der Waals surface area (Å²) in [6.07, 6.45) is 0. The Kier molecular flexibility index (Phi) is 4.05. The molecule has 0 amide bonds. The van der Waals surface area contributed by atoms with E-state index in [4.69, 9.17) is 22.1 Å². The van der Waals surface area contributed by atoms with Crippen molar-refractivity contribution in [1.29, 1.82) is 0 Å². The lowest BCUT2D eigenvalue weighted by Crippen LogP contribution is -2.47. The molecule has 6 nitrogen and oxygen atoms in total. The highest BCUT2D eigenvalue weighted by molar-refractivity contribution is 6.25. The van der Waals surface area contributed by atoms with Gasteiger partial charge in [-0.25, -0.2) is 8.78 Å². The minimum absolute atomic E-state index is 0.0742. The highest BCUT2D eigenvalue weighted by Crippen LogP contribution is 2.17. The van der Waals surface area contributed by atoms with E-state index < -0.39 is 16.9 Å². The van der Waals surface area contributed by atoms with Crippen LogP contribution in [0.4, 0.5) is 14.5 Å². The van der Waals surface area contributed by atoms with E-state index >= 15 is 0 Å². The number of nitrogens with two attached hydrogens (primary N) is 1. The topological polar surface area (TPSA) is 84.0 Å². The number of anilines is 1. The third kappa shape index (κ3) is 3.55. The van der Waals surface area contributed by atoms with Crippen LogP contribution in [0.25, 0.3) is 0 Å². The molecule has 0 aliphatic carbocycles. The number of ether oxygens (including phenoxy) is 1. The van der Waals surface area contributed by atoms with Gasteiger partial charge in [0.15, 0.2) is 11.6 Å². The lowest BCUT2D eigenvalue weighted by atomic mass is 10.3. The summed E-state index contributed by atoms with van der Waals surface area (Å²) in [6.45, 7) is 2.10. The molecule has 0 fully saturated rings. The van der Waals surface area contributed by atoms with E-state index in [2.05, 4.69) is 20.6 Å². The predicted octanol–water partition coefficient (Wildman–Crippen LogP) is 1.54. The Bertz CT molecular complexity index is 576. The van der Waals surface area contributed by atoms with Crippen LogP contribution in [0.5, 0.6) is 0 Å². The average Bonchev–Trinajstić information content (AvgIpc) is 2.32. The van der Waals surface area contributed by atoms with Crippen molar-refractivity contribution in [2.75, 3.05) is 11.9 Å². The first-order valence-corrected chi connectivity index (χ1v) is 6.07. The summed E-state index contributed by atoms with van der Waals surface area (Å²) in [5, 5.41) is 3.65. The number of hydrogen-bond acceptors (Lipinski definition) is 6. The van der Waals surface area contributed by atoms with Gasteiger partial charge in [-0.15, -0.1) is 0 Å². The third-order valence-electron chi connectivity index (χ3n) is 2.22. The SMILES string of the molecule is CCOC1=NC(N)(Cl)N=C(Nc2ccc(F)c(F)c2)N1. The van der Waals surface area contributed by atoms with Gasteiger partial charge in [-0.3, -0.25) is 11.1 Å². The van der Waals surface area contributed by atoms with Crippen molar-refractivity contribution >= 4 is 29.3 Å². The molecule has 0 spiro atoms. The molecule has 0 bridgehead atoms. The van der Waals surface area contributed by atoms with Gasteiger partial charge >= 0.3 is 0 Å². The second-order valence-electron chi connectivity index (χ2n) is 3.83. The van der Waals surface area contributed by atoms with Crippen LogP contribution in [0.3, 0.4) is 0 Å². The van der Waals surface area contributed by atoms with Crippen LogP contribution in [-0.2, 0) is 4.74 Å². The number of nitrogens with one attached hydrogen (secondary N) is 2. The quantitative estimate of drug-likeness (QED) is 0.571. The summed E-state index contributed by atoms with van der Waals surface area (Å²) in [6, 6.07) is 3.36. The molecule has 9 heteroatoms. The van der Waals surface area contributed by atoms with Crippen molar-refractivity contribution in [1.82, 2.24) is 5.32 Å². The molecule has 1 atom stereocenters. The fourth-order valence-electron chi connectivity index (χ4n) is 1.46. The minimum atomic E-state index is -1.73. The number of nitrogens with zero attached hydrogens (tertiary/aromatic N) is 2. The van der Waals surface area contributed by atoms with Crippen LogP contribution >= 0.6 is 11.6 Å². The number of rotatable bonds is 2. The van der Waals surface area contributed by atoms with E-state index in [0.29, 0.717) is 6.61 Å². The van der Waals surface area contributed by atoms with Crippen LogP contribution in [0, 0.1) is 11.6 Å². The lowest BCUT2D eigenvalue weighted by molar-refractivity contribution is 0.309. The highest BCUT2D eigenvalue weighted by Gasteiger charge is 2.27. The summed E-state index contributed by atoms with van der Waals surface area (Å²) in [4.78, 5) is 7.64. The van der Waals surface area contributed by atoms with Gasteiger partial charge in [0.1, 0.15) is 0 Å². The number of halogens is 3. The maximum atomic E-state index is 13.1. The van der Waals surface area contributed by atoms with Gasteiger partial charge in [0, 0.05) is 11.8 Å². The smallest absolute Gasteiger partial charge is 0.296 e. The zero-order valence-electron chi connectivity index (χ0n) is 10.5. The number of alkyl halides is 1. The standard InChI is InChI=1S/C11H12ClF2N5O/c1-2-20-10-17-9(18-11(12,15)19-10)16-6-3-4-7(13)8(14)5-6/h3-5H,2,15H2,1H3,(H2,16,17,18,19). The Morgan fingerprint density at radius 2 is 2.15 bits per heavy atom. The number of aliphatic imine (C=N–C) groups is 2. The molecular formula is C11H12ClF2N5O. The van der Waals surface area contributed by atoms with Gasteiger partial charge in [-0.1, -0.05) is 11.6 Å². The fraction of sp³-hybridized carbons (Fsp3) is 0.273. The van der Waals surface area contributed by atoms with Gasteiger partial charge in [0.2, 0.25) is 5.96 Å². The van der Waals surface area contributed by atoms with E-state index in [-0.39, 0.29) is 17.7 Å². The molecule has 1 aliphatic rings. The van der Waals surface area contributed by atoms with Crippen molar-refractivity contribution in [2.24, 2.45) is 15.7 Å². The molecule has 0 radical (unpaired) electrons. The van der Waals surface area contributed by atoms with Gasteiger partial charge in [0.25, 0.3) is 11.3 Å². The molecule has 1 unspecified atom stereocenters. The largest absolute Gasteiger partial charge is 0.465 e. The lowest BCUT2D eigenvalue weighted by Gasteiger charge is -2.23. The molecule has 0 saturated carbocycles. The molecule has 20 heavy (non-hydrogen) atoms. The second-order valence-corrected chi connectivity index (χ2v) is 4.38. The van der Waals surface area contributed by atoms with Crippen molar-refractivity contribution in [2.45, 2.75) is 12.2 Å². The van der Waals surface area contributed by atoms with Crippen LogP contribution < -0.4 is 16.4 Å². The van der Waals surface area contributed by atoms with Crippen LogP contribution in [-0.4, -0.2) is 23.8 Å². The van der Waals surface area contributed by atoms with Crippen molar-refractivity contribution in [3.63, 3.8) is 0 Å². The number of hydrogen-bond donors (Lipinski definition) is 3. The normalized spacial score (nSPS) is 21.6. The van der Waals surface area contributed by atoms with Gasteiger partial charge in [-0.05, 0) is 19.1 Å². The summed E-state index contributed by atoms with van der Waals surface area (Å²) in [5.74, 6) is -1.84. The first-order chi connectivity index (χ1) is 9.39. The molecule has 0 aromatic heterocycles. The first-order valence-electron chi connectivity index (χ1n) is 5.69.